The number of nitrogens with zero attached hydrogens (tertiary/aromatic N) is 3. The number of aromatic nitrogens is 1. The molecular formula is C29H30N4O2. The summed E-state index contributed by atoms with van der Waals surface area (Å²) >= 11 is 0. The van der Waals surface area contributed by atoms with Crippen molar-refractivity contribution in [3.8, 4) is 11.4 Å². The van der Waals surface area contributed by atoms with Gasteiger partial charge >= 0.3 is 6.03 Å². The second-order valence-electron chi connectivity index (χ2n) is 9.08. The van der Waals surface area contributed by atoms with Gasteiger partial charge in [-0.1, -0.05) is 36.4 Å². The van der Waals surface area contributed by atoms with Gasteiger partial charge in [-0.05, 0) is 66.1 Å². The van der Waals surface area contributed by atoms with Crippen LogP contribution in [-0.4, -0.2) is 36.7 Å². The average molecular weight is 467 g/mol. The van der Waals surface area contributed by atoms with E-state index < -0.39 is 0 Å². The molecule has 4 aromatic rings. The van der Waals surface area contributed by atoms with Crippen LogP contribution in [0, 0.1) is 6.92 Å². The quantitative estimate of drug-likeness (QED) is 0.401. The van der Waals surface area contributed by atoms with Gasteiger partial charge in [0.05, 0.1) is 31.1 Å². The number of benzene rings is 3. The van der Waals surface area contributed by atoms with E-state index in [4.69, 9.17) is 4.74 Å². The van der Waals surface area contributed by atoms with Crippen molar-refractivity contribution in [1.29, 1.82) is 0 Å². The number of carbonyl (C=O) groups is 1. The van der Waals surface area contributed by atoms with Gasteiger partial charge in [0.2, 0.25) is 0 Å². The molecule has 0 unspecified atom stereocenters. The fourth-order valence-corrected chi connectivity index (χ4v) is 4.75. The van der Waals surface area contributed by atoms with Crippen LogP contribution < -0.4 is 15.0 Å². The van der Waals surface area contributed by atoms with Crippen LogP contribution in [0.2, 0.25) is 0 Å². The summed E-state index contributed by atoms with van der Waals surface area (Å²) in [4.78, 5) is 17.9. The highest BCUT2D eigenvalue weighted by atomic mass is 16.5. The molecule has 6 heteroatoms. The predicted molar refractivity (Wildman–Crippen MR) is 141 cm³/mol. The highest BCUT2D eigenvalue weighted by molar-refractivity contribution is 5.92. The van der Waals surface area contributed by atoms with Crippen LogP contribution in [0.25, 0.3) is 5.69 Å². The number of nitrogens with one attached hydrogen (secondary N) is 1. The zero-order chi connectivity index (χ0) is 24.5. The molecule has 0 radical (unpaired) electrons. The van der Waals surface area contributed by atoms with E-state index in [2.05, 4.69) is 63.4 Å². The average Bonchev–Trinajstić information content (AvgIpc) is 3.28. The van der Waals surface area contributed by atoms with Crippen molar-refractivity contribution < 1.29 is 9.53 Å². The topological polar surface area (TPSA) is 49.7 Å². The first-order valence-corrected chi connectivity index (χ1v) is 11.7. The molecule has 35 heavy (non-hydrogen) atoms. The first kappa shape index (κ1) is 22.6. The SMILES string of the molecule is COc1ccc(C)cc1NC(=O)N1Cc2ccccc2-n2cccc2[C@@H]1c1ccc(N(C)C)cc1. The molecule has 2 heterocycles. The second-order valence-corrected chi connectivity index (χ2v) is 9.08. The number of hydrogen-bond acceptors (Lipinski definition) is 3. The first-order chi connectivity index (χ1) is 17.0. The molecule has 2 amide bonds. The smallest absolute Gasteiger partial charge is 0.323 e. The van der Waals surface area contributed by atoms with E-state index in [-0.39, 0.29) is 12.1 Å². The van der Waals surface area contributed by atoms with Gasteiger partial charge in [-0.2, -0.15) is 0 Å². The van der Waals surface area contributed by atoms with Gasteiger partial charge in [0.15, 0.2) is 0 Å². The molecular weight excluding hydrogens is 436 g/mol. The molecule has 0 saturated carbocycles. The molecule has 0 aliphatic carbocycles. The summed E-state index contributed by atoms with van der Waals surface area (Å²) in [6, 6.07) is 26.1. The molecule has 1 N–H and O–H groups in total. The normalized spacial score (nSPS) is 14.5. The van der Waals surface area contributed by atoms with E-state index in [1.165, 1.54) is 0 Å². The number of rotatable bonds is 4. The number of para-hydroxylation sites is 1. The molecule has 178 valence electrons. The van der Waals surface area contributed by atoms with Crippen molar-refractivity contribution in [3.05, 3.63) is 107 Å². The molecule has 1 aliphatic heterocycles. The third-order valence-electron chi connectivity index (χ3n) is 6.55. The molecule has 1 aromatic heterocycles. The van der Waals surface area contributed by atoms with Crippen LogP contribution in [0.4, 0.5) is 16.2 Å². The lowest BCUT2D eigenvalue weighted by atomic mass is 10.0. The zero-order valence-electron chi connectivity index (χ0n) is 20.5. The van der Waals surface area contributed by atoms with Crippen LogP contribution in [0.1, 0.15) is 28.4 Å². The number of anilines is 2. The van der Waals surface area contributed by atoms with Gasteiger partial charge in [-0.25, -0.2) is 4.79 Å². The standard InChI is InChI=1S/C29H30N4O2/c1-20-11-16-27(35-4)24(18-20)30-29(34)33-19-22-8-5-6-9-25(22)32-17-7-10-26(32)28(33)21-12-14-23(15-13-21)31(2)3/h5-18,28H,19H2,1-4H3,(H,30,34)/t28-/m0/s1. The Labute approximate surface area is 206 Å². The summed E-state index contributed by atoms with van der Waals surface area (Å²) < 4.78 is 7.71. The molecule has 0 saturated heterocycles. The van der Waals surface area contributed by atoms with Gasteiger partial charge in [-0.15, -0.1) is 0 Å². The molecule has 5 rings (SSSR count). The second kappa shape index (κ2) is 9.22. The van der Waals surface area contributed by atoms with E-state index in [0.717, 1.165) is 33.8 Å². The lowest BCUT2D eigenvalue weighted by Gasteiger charge is -2.31. The minimum absolute atomic E-state index is 0.181. The molecule has 6 nitrogen and oxygen atoms in total. The lowest BCUT2D eigenvalue weighted by Crippen LogP contribution is -2.38. The highest BCUT2D eigenvalue weighted by Gasteiger charge is 2.33. The summed E-state index contributed by atoms with van der Waals surface area (Å²) in [5.41, 5.74) is 7.09. The van der Waals surface area contributed by atoms with Crippen molar-refractivity contribution in [3.63, 3.8) is 0 Å². The van der Waals surface area contributed by atoms with Crippen molar-refractivity contribution in [2.24, 2.45) is 0 Å². The highest BCUT2D eigenvalue weighted by Crippen LogP contribution is 2.38. The number of hydrogen-bond donors (Lipinski definition) is 1. The van der Waals surface area contributed by atoms with Crippen molar-refractivity contribution in [2.75, 3.05) is 31.4 Å². The predicted octanol–water partition coefficient (Wildman–Crippen LogP) is 6.00. The molecule has 0 spiro atoms. The third-order valence-corrected chi connectivity index (χ3v) is 6.55. The summed E-state index contributed by atoms with van der Waals surface area (Å²) in [7, 11) is 5.67. The van der Waals surface area contributed by atoms with Gasteiger partial charge < -0.3 is 24.4 Å². The Balaban J connectivity index is 1.62. The van der Waals surface area contributed by atoms with Crippen molar-refractivity contribution in [1.82, 2.24) is 9.47 Å². The Bertz CT molecular complexity index is 1360. The van der Waals surface area contributed by atoms with Crippen LogP contribution in [-0.2, 0) is 6.54 Å². The minimum Gasteiger partial charge on any atom is -0.495 e. The van der Waals surface area contributed by atoms with Gasteiger partial charge in [0.1, 0.15) is 5.75 Å². The lowest BCUT2D eigenvalue weighted by molar-refractivity contribution is 0.194. The summed E-state index contributed by atoms with van der Waals surface area (Å²) in [5.74, 6) is 0.634. The van der Waals surface area contributed by atoms with Crippen LogP contribution in [0.15, 0.2) is 85.1 Å². The third kappa shape index (κ3) is 4.23. The Hall–Kier alpha value is -4.19. The molecule has 1 atom stereocenters. The summed E-state index contributed by atoms with van der Waals surface area (Å²) in [5, 5.41) is 3.13. The number of ether oxygens (including phenoxy) is 1. The van der Waals surface area contributed by atoms with E-state index in [9.17, 15) is 4.79 Å². The van der Waals surface area contributed by atoms with Crippen molar-refractivity contribution >= 4 is 17.4 Å². The summed E-state index contributed by atoms with van der Waals surface area (Å²) in [6.45, 7) is 2.47. The Morgan fingerprint density at radius 2 is 1.77 bits per heavy atom. The zero-order valence-corrected chi connectivity index (χ0v) is 20.5. The van der Waals surface area contributed by atoms with E-state index >= 15 is 0 Å². The van der Waals surface area contributed by atoms with E-state index in [1.807, 2.05) is 62.3 Å². The summed E-state index contributed by atoms with van der Waals surface area (Å²) in [6.07, 6.45) is 2.07. The van der Waals surface area contributed by atoms with Crippen LogP contribution >= 0.6 is 0 Å². The van der Waals surface area contributed by atoms with Gasteiger partial charge in [0, 0.05) is 31.7 Å². The molecule has 3 aromatic carbocycles. The fourth-order valence-electron chi connectivity index (χ4n) is 4.75. The first-order valence-electron chi connectivity index (χ1n) is 11.7. The Morgan fingerprint density at radius 3 is 2.51 bits per heavy atom. The maximum Gasteiger partial charge on any atom is 0.323 e. The van der Waals surface area contributed by atoms with Crippen molar-refractivity contribution in [2.45, 2.75) is 19.5 Å². The number of urea groups is 1. The van der Waals surface area contributed by atoms with Crippen LogP contribution in [0.5, 0.6) is 5.75 Å². The number of fused-ring (bicyclic) bond motifs is 3. The van der Waals surface area contributed by atoms with Gasteiger partial charge in [-0.3, -0.25) is 0 Å². The largest absolute Gasteiger partial charge is 0.495 e. The minimum atomic E-state index is -0.274. The molecule has 0 fully saturated rings. The van der Waals surface area contributed by atoms with Gasteiger partial charge in [0.25, 0.3) is 0 Å². The Kier molecular flexibility index (Phi) is 5.95. The molecule has 1 aliphatic rings. The Morgan fingerprint density at radius 1 is 1.00 bits per heavy atom. The number of carbonyl (C=O) groups excluding carboxylic acids is 1. The number of aryl methyl sites for hydroxylation is 1. The molecule has 0 bridgehead atoms. The maximum absolute atomic E-state index is 13.9. The van der Waals surface area contributed by atoms with E-state index in [1.54, 1.807) is 7.11 Å². The van der Waals surface area contributed by atoms with Crippen LogP contribution in [0.3, 0.4) is 0 Å². The maximum atomic E-state index is 13.9. The number of amides is 2. The van der Waals surface area contributed by atoms with E-state index in [0.29, 0.717) is 18.0 Å². The fraction of sp³-hybridized carbons (Fsp3) is 0.207. The monoisotopic (exact) mass is 466 g/mol. The number of methoxy groups -OCH3 is 1.